The Labute approximate surface area is 156 Å². The van der Waals surface area contributed by atoms with E-state index in [1.54, 1.807) is 18.3 Å². The maximum atomic E-state index is 13.3. The van der Waals surface area contributed by atoms with Crippen LogP contribution in [0.15, 0.2) is 48.7 Å². The van der Waals surface area contributed by atoms with Gasteiger partial charge in [-0.2, -0.15) is 4.98 Å². The molecule has 1 atom stereocenters. The molecule has 0 unspecified atom stereocenters. The first-order chi connectivity index (χ1) is 12.5. The minimum absolute atomic E-state index is 0.219. The predicted octanol–water partition coefficient (Wildman–Crippen LogP) is 5.29. The van der Waals surface area contributed by atoms with Gasteiger partial charge in [-0.1, -0.05) is 24.6 Å². The summed E-state index contributed by atoms with van der Waals surface area (Å²) in [5.74, 6) is 0.639. The van der Waals surface area contributed by atoms with E-state index in [9.17, 15) is 4.39 Å². The van der Waals surface area contributed by atoms with Crippen LogP contribution in [-0.2, 0) is 0 Å². The van der Waals surface area contributed by atoms with Crippen molar-refractivity contribution in [1.29, 1.82) is 0 Å². The lowest BCUT2D eigenvalue weighted by atomic mass is 10.2. The molecule has 134 valence electrons. The SMILES string of the molecule is CC[C@@H](C)Nc1nc(Nc2ccc(F)cc2Cl)cc(-c2ccccn2)n1. The minimum atomic E-state index is -0.392. The van der Waals surface area contributed by atoms with E-state index in [1.807, 2.05) is 18.2 Å². The van der Waals surface area contributed by atoms with Crippen LogP contribution in [0.2, 0.25) is 5.02 Å². The average Bonchev–Trinajstić information content (AvgIpc) is 2.64. The average molecular weight is 372 g/mol. The van der Waals surface area contributed by atoms with Crippen LogP contribution >= 0.6 is 11.6 Å². The summed E-state index contributed by atoms with van der Waals surface area (Å²) >= 11 is 6.11. The topological polar surface area (TPSA) is 62.7 Å². The second-order valence-electron chi connectivity index (χ2n) is 5.88. The van der Waals surface area contributed by atoms with Crippen molar-refractivity contribution in [3.05, 3.63) is 59.5 Å². The first-order valence-electron chi connectivity index (χ1n) is 8.34. The summed E-state index contributed by atoms with van der Waals surface area (Å²) < 4.78 is 13.3. The highest BCUT2D eigenvalue weighted by molar-refractivity contribution is 6.33. The number of rotatable bonds is 6. The molecule has 26 heavy (non-hydrogen) atoms. The van der Waals surface area contributed by atoms with Crippen LogP contribution in [0.4, 0.5) is 21.8 Å². The van der Waals surface area contributed by atoms with Gasteiger partial charge in [0.15, 0.2) is 0 Å². The van der Waals surface area contributed by atoms with E-state index in [2.05, 4.69) is 39.4 Å². The summed E-state index contributed by atoms with van der Waals surface area (Å²) in [6.07, 6.45) is 2.65. The molecule has 2 N–H and O–H groups in total. The molecule has 3 aromatic rings. The third-order valence-electron chi connectivity index (χ3n) is 3.84. The van der Waals surface area contributed by atoms with Gasteiger partial charge in [0.1, 0.15) is 11.6 Å². The van der Waals surface area contributed by atoms with Crippen molar-refractivity contribution in [2.45, 2.75) is 26.3 Å². The molecule has 0 spiro atoms. The lowest BCUT2D eigenvalue weighted by Gasteiger charge is -2.15. The van der Waals surface area contributed by atoms with Gasteiger partial charge in [-0.3, -0.25) is 4.98 Å². The van der Waals surface area contributed by atoms with Crippen molar-refractivity contribution in [1.82, 2.24) is 15.0 Å². The van der Waals surface area contributed by atoms with Gasteiger partial charge in [-0.15, -0.1) is 0 Å². The molecule has 0 fully saturated rings. The van der Waals surface area contributed by atoms with E-state index in [0.29, 0.717) is 23.1 Å². The normalized spacial score (nSPS) is 11.8. The van der Waals surface area contributed by atoms with Crippen LogP contribution in [-0.4, -0.2) is 21.0 Å². The quantitative estimate of drug-likeness (QED) is 0.616. The maximum Gasteiger partial charge on any atom is 0.225 e. The van der Waals surface area contributed by atoms with Crippen LogP contribution in [0.1, 0.15) is 20.3 Å². The smallest absolute Gasteiger partial charge is 0.225 e. The highest BCUT2D eigenvalue weighted by Gasteiger charge is 2.11. The molecule has 0 saturated heterocycles. The Bertz CT molecular complexity index is 888. The third-order valence-corrected chi connectivity index (χ3v) is 4.15. The molecule has 0 aliphatic carbocycles. The maximum absolute atomic E-state index is 13.3. The summed E-state index contributed by atoms with van der Waals surface area (Å²) in [7, 11) is 0. The summed E-state index contributed by atoms with van der Waals surface area (Å²) in [6, 6.07) is 11.8. The molecule has 0 bridgehead atoms. The first-order valence-corrected chi connectivity index (χ1v) is 8.72. The number of halogens is 2. The van der Waals surface area contributed by atoms with Crippen LogP contribution in [0.3, 0.4) is 0 Å². The summed E-state index contributed by atoms with van der Waals surface area (Å²) in [4.78, 5) is 13.4. The fourth-order valence-corrected chi connectivity index (χ4v) is 2.49. The molecule has 3 rings (SSSR count). The lowest BCUT2D eigenvalue weighted by molar-refractivity contribution is 0.628. The van der Waals surface area contributed by atoms with E-state index in [-0.39, 0.29) is 11.1 Å². The molecule has 0 saturated carbocycles. The van der Waals surface area contributed by atoms with E-state index >= 15 is 0 Å². The number of anilines is 3. The van der Waals surface area contributed by atoms with E-state index in [4.69, 9.17) is 11.6 Å². The van der Waals surface area contributed by atoms with Crippen LogP contribution < -0.4 is 10.6 Å². The van der Waals surface area contributed by atoms with Crippen molar-refractivity contribution >= 4 is 29.1 Å². The summed E-state index contributed by atoms with van der Waals surface area (Å²) in [6.45, 7) is 4.14. The van der Waals surface area contributed by atoms with E-state index in [0.717, 1.165) is 12.1 Å². The molecular weight excluding hydrogens is 353 g/mol. The molecule has 5 nitrogen and oxygen atoms in total. The number of hydrogen-bond acceptors (Lipinski definition) is 5. The highest BCUT2D eigenvalue weighted by atomic mass is 35.5. The Morgan fingerprint density at radius 1 is 1.12 bits per heavy atom. The summed E-state index contributed by atoms with van der Waals surface area (Å²) in [5.41, 5.74) is 1.97. The molecule has 7 heteroatoms. The second-order valence-corrected chi connectivity index (χ2v) is 6.29. The van der Waals surface area contributed by atoms with Crippen LogP contribution in [0.25, 0.3) is 11.4 Å². The fourth-order valence-electron chi connectivity index (χ4n) is 2.27. The zero-order valence-corrected chi connectivity index (χ0v) is 15.3. The highest BCUT2D eigenvalue weighted by Crippen LogP contribution is 2.27. The monoisotopic (exact) mass is 371 g/mol. The molecule has 0 aliphatic rings. The largest absolute Gasteiger partial charge is 0.352 e. The second kappa shape index (κ2) is 8.10. The fraction of sp³-hybridized carbons (Fsp3) is 0.211. The van der Waals surface area contributed by atoms with Gasteiger partial charge in [0.2, 0.25) is 5.95 Å². The molecule has 0 aliphatic heterocycles. The lowest BCUT2D eigenvalue weighted by Crippen LogP contribution is -2.16. The van der Waals surface area contributed by atoms with Crippen molar-refractivity contribution in [3.63, 3.8) is 0 Å². The standard InChI is InChI=1S/C19H19ClFN5/c1-3-12(2)23-19-25-17(16-6-4-5-9-22-16)11-18(26-19)24-15-8-7-13(21)10-14(15)20/h4-12H,3H2,1-2H3,(H2,23,24,25,26)/t12-/m1/s1. The van der Waals surface area contributed by atoms with Crippen LogP contribution in [0.5, 0.6) is 0 Å². The Morgan fingerprint density at radius 3 is 2.65 bits per heavy atom. The van der Waals surface area contributed by atoms with E-state index in [1.165, 1.54) is 12.1 Å². The number of nitrogens with zero attached hydrogens (tertiary/aromatic N) is 3. The third kappa shape index (κ3) is 4.46. The molecular formula is C19H19ClFN5. The molecule has 1 aromatic carbocycles. The van der Waals surface area contributed by atoms with Gasteiger partial charge in [0.05, 0.1) is 22.1 Å². The van der Waals surface area contributed by atoms with Gasteiger partial charge in [0, 0.05) is 18.3 Å². The number of hydrogen-bond donors (Lipinski definition) is 2. The molecule has 0 radical (unpaired) electrons. The number of nitrogens with one attached hydrogen (secondary N) is 2. The van der Waals surface area contributed by atoms with Crippen molar-refractivity contribution in [2.75, 3.05) is 10.6 Å². The van der Waals surface area contributed by atoms with Crippen molar-refractivity contribution in [2.24, 2.45) is 0 Å². The summed E-state index contributed by atoms with van der Waals surface area (Å²) in [5, 5.41) is 6.67. The van der Waals surface area contributed by atoms with Crippen molar-refractivity contribution < 1.29 is 4.39 Å². The minimum Gasteiger partial charge on any atom is -0.352 e. The van der Waals surface area contributed by atoms with Crippen molar-refractivity contribution in [3.8, 4) is 11.4 Å². The van der Waals surface area contributed by atoms with Gasteiger partial charge in [-0.05, 0) is 43.7 Å². The number of benzene rings is 1. The molecule has 0 amide bonds. The zero-order chi connectivity index (χ0) is 18.5. The Balaban J connectivity index is 1.98. The number of aromatic nitrogens is 3. The molecule has 2 aromatic heterocycles. The van der Waals surface area contributed by atoms with Gasteiger partial charge >= 0.3 is 0 Å². The Morgan fingerprint density at radius 2 is 1.96 bits per heavy atom. The first kappa shape index (κ1) is 18.1. The van der Waals surface area contributed by atoms with Gasteiger partial charge in [0.25, 0.3) is 0 Å². The molecule has 2 heterocycles. The van der Waals surface area contributed by atoms with Crippen LogP contribution in [0, 0.1) is 5.82 Å². The zero-order valence-electron chi connectivity index (χ0n) is 14.5. The Hall–Kier alpha value is -2.73. The van der Waals surface area contributed by atoms with Gasteiger partial charge in [-0.25, -0.2) is 9.37 Å². The Kier molecular flexibility index (Phi) is 5.63. The predicted molar refractivity (Wildman–Crippen MR) is 103 cm³/mol. The van der Waals surface area contributed by atoms with E-state index < -0.39 is 5.82 Å². The number of pyridine rings is 1. The van der Waals surface area contributed by atoms with Gasteiger partial charge < -0.3 is 10.6 Å².